The van der Waals surface area contributed by atoms with Crippen LogP contribution in [-0.4, -0.2) is 58.5 Å². The van der Waals surface area contributed by atoms with Gasteiger partial charge in [-0.2, -0.15) is 0 Å². The van der Waals surface area contributed by atoms with Crippen molar-refractivity contribution < 1.29 is 18.7 Å². The van der Waals surface area contributed by atoms with E-state index in [-0.39, 0.29) is 17.3 Å². The van der Waals surface area contributed by atoms with Crippen molar-refractivity contribution in [2.75, 3.05) is 37.0 Å². The number of nitrogens with zero attached hydrogens (tertiary/aromatic N) is 4. The summed E-state index contributed by atoms with van der Waals surface area (Å²) in [7, 11) is 0. The lowest BCUT2D eigenvalue weighted by molar-refractivity contribution is -0.118. The van der Waals surface area contributed by atoms with Gasteiger partial charge >= 0.3 is 0 Å². The molecule has 1 N–H and O–H groups in total. The molecule has 6 heterocycles. The Labute approximate surface area is 216 Å². The number of carbonyl (C=O) groups excluding carboxylic acids is 1. The number of amides is 1. The molecule has 1 saturated heterocycles. The molecule has 9 nitrogen and oxygen atoms in total. The lowest BCUT2D eigenvalue weighted by Crippen LogP contribution is -2.39. The van der Waals surface area contributed by atoms with E-state index in [1.54, 1.807) is 30.0 Å². The normalized spacial score (nSPS) is 17.4. The first-order valence-corrected chi connectivity index (χ1v) is 13.8. The third-order valence-electron chi connectivity index (χ3n) is 6.46. The number of carbonyl (C=O) groups is 1. The van der Waals surface area contributed by atoms with Gasteiger partial charge in [0.15, 0.2) is 0 Å². The van der Waals surface area contributed by atoms with E-state index in [1.807, 2.05) is 6.07 Å². The van der Waals surface area contributed by atoms with Crippen molar-refractivity contribution in [2.45, 2.75) is 44.0 Å². The molecule has 0 spiro atoms. The smallest absolute Gasteiger partial charge is 0.230 e. The summed E-state index contributed by atoms with van der Waals surface area (Å²) in [6.45, 7) is 8.17. The number of morpholine rings is 1. The van der Waals surface area contributed by atoms with Gasteiger partial charge in [0.1, 0.15) is 27.8 Å². The first kappa shape index (κ1) is 23.7. The van der Waals surface area contributed by atoms with Crippen LogP contribution in [0.15, 0.2) is 34.2 Å². The molecule has 2 aliphatic rings. The molecule has 0 bridgehead atoms. The topological polar surface area (TPSA) is 103 Å². The fourth-order valence-corrected chi connectivity index (χ4v) is 6.75. The maximum atomic E-state index is 12.4. The molecular formula is C25H27N5O4S2. The molecule has 2 aliphatic heterocycles. The molecule has 36 heavy (non-hydrogen) atoms. The molecular weight excluding hydrogens is 498 g/mol. The lowest BCUT2D eigenvalue weighted by atomic mass is 9.90. The molecule has 4 aromatic rings. The van der Waals surface area contributed by atoms with E-state index in [1.165, 1.54) is 17.3 Å². The minimum Gasteiger partial charge on any atom is -0.467 e. The fraction of sp³-hybridized carbons (Fsp3) is 0.440. The van der Waals surface area contributed by atoms with Crippen LogP contribution in [0.1, 0.15) is 30.7 Å². The summed E-state index contributed by atoms with van der Waals surface area (Å²) >= 11 is 3.02. The number of thiophene rings is 1. The number of pyridine rings is 1. The number of aromatic nitrogens is 3. The van der Waals surface area contributed by atoms with Crippen molar-refractivity contribution in [1.29, 1.82) is 0 Å². The van der Waals surface area contributed by atoms with E-state index >= 15 is 0 Å². The molecule has 0 aliphatic carbocycles. The molecule has 0 atom stereocenters. The predicted octanol–water partition coefficient (Wildman–Crippen LogP) is 3.93. The van der Waals surface area contributed by atoms with Crippen LogP contribution in [0.25, 0.3) is 20.4 Å². The number of rotatable bonds is 6. The van der Waals surface area contributed by atoms with E-state index in [4.69, 9.17) is 18.9 Å². The van der Waals surface area contributed by atoms with Crippen LogP contribution < -0.4 is 10.2 Å². The third-order valence-corrected chi connectivity index (χ3v) is 8.66. The van der Waals surface area contributed by atoms with Gasteiger partial charge in [0.2, 0.25) is 5.91 Å². The second kappa shape index (κ2) is 9.62. The minimum absolute atomic E-state index is 0.0757. The summed E-state index contributed by atoms with van der Waals surface area (Å²) in [4.78, 5) is 30.0. The van der Waals surface area contributed by atoms with E-state index in [0.717, 1.165) is 62.1 Å². The second-order valence-electron chi connectivity index (χ2n) is 9.50. The van der Waals surface area contributed by atoms with Crippen molar-refractivity contribution in [3.63, 3.8) is 0 Å². The van der Waals surface area contributed by atoms with Crippen molar-refractivity contribution in [3.05, 3.63) is 41.6 Å². The quantitative estimate of drug-likeness (QED) is 0.296. The van der Waals surface area contributed by atoms with Gasteiger partial charge in [-0.3, -0.25) is 4.79 Å². The van der Waals surface area contributed by atoms with Crippen LogP contribution in [0.4, 0.5) is 5.82 Å². The first-order valence-electron chi connectivity index (χ1n) is 12.0. The number of anilines is 1. The molecule has 188 valence electrons. The average molecular weight is 526 g/mol. The fourth-order valence-electron chi connectivity index (χ4n) is 4.69. The number of ether oxygens (including phenoxy) is 2. The van der Waals surface area contributed by atoms with E-state index < -0.39 is 0 Å². The number of nitrogens with one attached hydrogen (secondary N) is 1. The van der Waals surface area contributed by atoms with Crippen molar-refractivity contribution in [3.8, 4) is 0 Å². The number of furan rings is 1. The van der Waals surface area contributed by atoms with Crippen LogP contribution in [0.2, 0.25) is 0 Å². The van der Waals surface area contributed by atoms with Crippen LogP contribution in [0.3, 0.4) is 0 Å². The second-order valence-corrected chi connectivity index (χ2v) is 11.5. The average Bonchev–Trinajstić information content (AvgIpc) is 3.53. The Morgan fingerprint density at radius 3 is 2.92 bits per heavy atom. The molecule has 4 aromatic heterocycles. The summed E-state index contributed by atoms with van der Waals surface area (Å²) in [5.41, 5.74) is 3.04. The molecule has 1 amide bonds. The van der Waals surface area contributed by atoms with Gasteiger partial charge in [-0.25, -0.2) is 15.0 Å². The third kappa shape index (κ3) is 4.56. The Balaban J connectivity index is 1.35. The summed E-state index contributed by atoms with van der Waals surface area (Å²) in [6.07, 6.45) is 3.97. The van der Waals surface area contributed by atoms with E-state index in [9.17, 15) is 4.79 Å². The highest BCUT2D eigenvalue weighted by Gasteiger charge is 2.33. The highest BCUT2D eigenvalue weighted by atomic mass is 32.2. The molecule has 1 fully saturated rings. The zero-order valence-electron chi connectivity index (χ0n) is 20.2. The highest BCUT2D eigenvalue weighted by Crippen LogP contribution is 2.44. The van der Waals surface area contributed by atoms with Gasteiger partial charge < -0.3 is 24.1 Å². The predicted molar refractivity (Wildman–Crippen MR) is 140 cm³/mol. The van der Waals surface area contributed by atoms with Gasteiger partial charge in [0, 0.05) is 30.5 Å². The molecule has 6 rings (SSSR count). The van der Waals surface area contributed by atoms with Crippen molar-refractivity contribution in [2.24, 2.45) is 0 Å². The largest absolute Gasteiger partial charge is 0.467 e. The SMILES string of the molecule is CC1(C)Cc2c(c(N3CCOCC3)nc3sc4c(SCC(=O)NCc5ccco5)ncnc4c23)CO1. The lowest BCUT2D eigenvalue weighted by Gasteiger charge is -2.36. The zero-order chi connectivity index (χ0) is 24.7. The maximum absolute atomic E-state index is 12.4. The Hall–Kier alpha value is -2.73. The number of fused-ring (bicyclic) bond motifs is 5. The van der Waals surface area contributed by atoms with Crippen molar-refractivity contribution in [1.82, 2.24) is 20.3 Å². The van der Waals surface area contributed by atoms with Crippen LogP contribution in [-0.2, 0) is 33.8 Å². The summed E-state index contributed by atoms with van der Waals surface area (Å²) in [5, 5.41) is 4.77. The van der Waals surface area contributed by atoms with Gasteiger partial charge in [0.25, 0.3) is 0 Å². The van der Waals surface area contributed by atoms with Gasteiger partial charge in [-0.1, -0.05) is 11.8 Å². The van der Waals surface area contributed by atoms with Crippen LogP contribution in [0, 0.1) is 0 Å². The molecule has 0 unspecified atom stereocenters. The van der Waals surface area contributed by atoms with Crippen LogP contribution >= 0.6 is 23.1 Å². The number of thioether (sulfide) groups is 1. The maximum Gasteiger partial charge on any atom is 0.230 e. The highest BCUT2D eigenvalue weighted by molar-refractivity contribution is 8.00. The van der Waals surface area contributed by atoms with Crippen molar-refractivity contribution >= 4 is 55.3 Å². The molecule has 11 heteroatoms. The Morgan fingerprint density at radius 2 is 2.11 bits per heavy atom. The zero-order valence-corrected chi connectivity index (χ0v) is 21.8. The van der Waals surface area contributed by atoms with E-state index in [2.05, 4.69) is 34.0 Å². The summed E-state index contributed by atoms with van der Waals surface area (Å²) < 4.78 is 18.0. The summed E-state index contributed by atoms with van der Waals surface area (Å²) in [5.74, 6) is 1.89. The van der Waals surface area contributed by atoms with Gasteiger partial charge in [-0.15, -0.1) is 11.3 Å². The number of hydrogen-bond donors (Lipinski definition) is 1. The van der Waals surface area contributed by atoms with Crippen LogP contribution in [0.5, 0.6) is 0 Å². The molecule has 0 radical (unpaired) electrons. The summed E-state index contributed by atoms with van der Waals surface area (Å²) in [6, 6.07) is 3.64. The Bertz CT molecular complexity index is 1410. The first-order chi connectivity index (χ1) is 17.5. The standard InChI is InChI=1S/C25H27N5O4S2/c1-25(2)10-16-17(12-34-25)22(30-5-8-32-9-6-30)29-23-19(16)20-21(36-23)24(28-14-27-20)35-13-18(31)26-11-15-4-3-7-33-15/h3-4,7,14H,5-6,8-13H2,1-2H3,(H,26,31). The molecule has 0 aromatic carbocycles. The molecule has 0 saturated carbocycles. The van der Waals surface area contributed by atoms with Gasteiger partial charge in [-0.05, 0) is 31.5 Å². The number of hydrogen-bond acceptors (Lipinski definition) is 10. The Kier molecular flexibility index (Phi) is 6.32. The van der Waals surface area contributed by atoms with E-state index in [0.29, 0.717) is 26.4 Å². The van der Waals surface area contributed by atoms with Gasteiger partial charge in [0.05, 0.1) is 54.2 Å². The Morgan fingerprint density at radius 1 is 1.25 bits per heavy atom. The minimum atomic E-state index is -0.269. The monoisotopic (exact) mass is 525 g/mol.